The zero-order valence-corrected chi connectivity index (χ0v) is 67.4. The number of aromatic nitrogens is 2. The van der Waals surface area contributed by atoms with Gasteiger partial charge in [0.05, 0.1) is 51.6 Å². The fourth-order valence-corrected chi connectivity index (χ4v) is 18.0. The van der Waals surface area contributed by atoms with Gasteiger partial charge in [-0.3, -0.25) is 0 Å². The number of nitriles is 1. The molecule has 6 nitrogen and oxygen atoms in total. The summed E-state index contributed by atoms with van der Waals surface area (Å²) in [6.45, 7) is 36.0. The van der Waals surface area contributed by atoms with Crippen molar-refractivity contribution < 1.29 is 0 Å². The molecule has 2 aliphatic heterocycles. The van der Waals surface area contributed by atoms with E-state index in [4.69, 9.17) is 6.57 Å². The highest BCUT2D eigenvalue weighted by atomic mass is 15.2. The average Bonchev–Trinajstić information content (AvgIpc) is 1.38. The van der Waals surface area contributed by atoms with Crippen LogP contribution in [0.3, 0.4) is 0 Å². The number of fused-ring (bicyclic) bond motifs is 10. The van der Waals surface area contributed by atoms with Crippen LogP contribution in [0.4, 0.5) is 39.8 Å². The van der Waals surface area contributed by atoms with Gasteiger partial charge in [0.15, 0.2) is 5.69 Å². The van der Waals surface area contributed by atoms with Crippen molar-refractivity contribution in [2.45, 2.75) is 105 Å². The molecule has 0 spiro atoms. The topological polar surface area (TPSA) is 44.5 Å². The van der Waals surface area contributed by atoms with Gasteiger partial charge in [0, 0.05) is 72.4 Å². The minimum absolute atomic E-state index is 0.208. The Labute approximate surface area is 676 Å². The highest BCUT2D eigenvalue weighted by Crippen LogP contribution is 2.55. The van der Waals surface area contributed by atoms with Crippen molar-refractivity contribution in [1.82, 2.24) is 9.13 Å². The summed E-state index contributed by atoms with van der Waals surface area (Å²) in [6, 6.07) is 123. The Morgan fingerprint density at radius 1 is 0.296 bits per heavy atom. The van der Waals surface area contributed by atoms with Crippen LogP contribution < -0.4 is 26.2 Å². The molecule has 17 aromatic rings. The fourth-order valence-electron chi connectivity index (χ4n) is 18.0. The van der Waals surface area contributed by atoms with Gasteiger partial charge in [0.2, 0.25) is 0 Å². The van der Waals surface area contributed by atoms with Crippen LogP contribution in [-0.4, -0.2) is 15.8 Å². The van der Waals surface area contributed by atoms with E-state index in [1.54, 1.807) is 0 Å². The predicted octanol–water partition coefficient (Wildman–Crippen LogP) is 27.6. The molecule has 7 heteroatoms. The van der Waals surface area contributed by atoms with Crippen molar-refractivity contribution in [3.05, 3.63) is 361 Å². The minimum Gasteiger partial charge on any atom is -0.311 e. The summed E-state index contributed by atoms with van der Waals surface area (Å²) in [6.07, 6.45) is 0. The lowest BCUT2D eigenvalue weighted by Gasteiger charge is -2.46. The highest BCUT2D eigenvalue weighted by Gasteiger charge is 2.46. The quantitative estimate of drug-likeness (QED) is 0.101. The second kappa shape index (κ2) is 27.2. The second-order valence-electron chi connectivity index (χ2n) is 35.6. The van der Waals surface area contributed by atoms with Gasteiger partial charge < -0.3 is 18.9 Å². The molecule has 115 heavy (non-hydrogen) atoms. The maximum Gasteiger partial charge on any atom is 0.252 e. The van der Waals surface area contributed by atoms with Crippen molar-refractivity contribution in [3.8, 4) is 84.2 Å². The van der Waals surface area contributed by atoms with Crippen molar-refractivity contribution in [1.29, 1.82) is 5.26 Å². The summed E-state index contributed by atoms with van der Waals surface area (Å²) < 4.78 is 4.96. The van der Waals surface area contributed by atoms with Crippen molar-refractivity contribution in [3.63, 3.8) is 0 Å². The standard InChI is InChI=1S/C108H89BN6/c1-105(2,3)78-53-76(54-79(63-78)106(4,5)6)89-58-73(72-36-29-37-82(57-72)111-13)46-51-98(89)114-99-65-83(112-94-42-24-20-38-85(94)86-39-21-25-43-95(86)112)47-49-92(99)109-93-50-48-84(113-96-44-26-22-40-87(96)88-41-23-27-45-97(88)113)66-100(93)115(102-62-75(61-101(114)103(102)109)69-31-16-14-17-32-69)104-90(70-33-18-15-19-34-70)59-74(71-35-28-30-68(52-71)67-110)60-91(104)77-55-80(107(7,8)9)64-81(56-77)108(10,11)12/h14-66H,1-12H3. The van der Waals surface area contributed by atoms with Gasteiger partial charge >= 0.3 is 0 Å². The van der Waals surface area contributed by atoms with Gasteiger partial charge in [-0.15, -0.1) is 0 Å². The van der Waals surface area contributed by atoms with Crippen LogP contribution in [0.15, 0.2) is 322 Å². The van der Waals surface area contributed by atoms with E-state index < -0.39 is 0 Å². The Morgan fingerprint density at radius 2 is 0.687 bits per heavy atom. The van der Waals surface area contributed by atoms with Gasteiger partial charge in [-0.2, -0.15) is 5.26 Å². The first kappa shape index (κ1) is 71.8. The lowest BCUT2D eigenvalue weighted by Crippen LogP contribution is -2.61. The lowest BCUT2D eigenvalue weighted by molar-refractivity contribution is 0.568. The van der Waals surface area contributed by atoms with Crippen LogP contribution >= 0.6 is 0 Å². The second-order valence-corrected chi connectivity index (χ2v) is 35.6. The van der Waals surface area contributed by atoms with E-state index in [0.717, 1.165) is 140 Å². The summed E-state index contributed by atoms with van der Waals surface area (Å²) in [5, 5.41) is 15.5. The number of rotatable bonds is 10. The maximum atomic E-state index is 10.7. The van der Waals surface area contributed by atoms with E-state index in [2.05, 4.69) is 398 Å². The van der Waals surface area contributed by atoms with Crippen LogP contribution in [-0.2, 0) is 21.7 Å². The highest BCUT2D eigenvalue weighted by molar-refractivity contribution is 7.00. The number of benzene rings is 15. The monoisotopic (exact) mass is 1480 g/mol. The Kier molecular flexibility index (Phi) is 17.0. The molecule has 0 unspecified atom stereocenters. The molecular weight excluding hydrogens is 1390 g/mol. The Morgan fingerprint density at radius 3 is 1.17 bits per heavy atom. The molecule has 0 bridgehead atoms. The van der Waals surface area contributed by atoms with E-state index in [1.165, 1.54) is 54.7 Å². The first-order chi connectivity index (χ1) is 55.4. The maximum absolute atomic E-state index is 10.7. The molecule has 0 amide bonds. The van der Waals surface area contributed by atoms with Gasteiger partial charge in [-0.1, -0.05) is 301 Å². The number of anilines is 6. The summed E-state index contributed by atoms with van der Waals surface area (Å²) in [4.78, 5) is 9.32. The van der Waals surface area contributed by atoms with Crippen LogP contribution in [0.1, 0.15) is 111 Å². The van der Waals surface area contributed by atoms with Crippen LogP contribution in [0.25, 0.3) is 127 Å². The molecule has 4 heterocycles. The summed E-state index contributed by atoms with van der Waals surface area (Å²) in [5.41, 5.74) is 34.2. The first-order valence-electron chi connectivity index (χ1n) is 40.2. The summed E-state index contributed by atoms with van der Waals surface area (Å²) >= 11 is 0. The molecule has 0 saturated carbocycles. The summed E-state index contributed by atoms with van der Waals surface area (Å²) in [5.74, 6) is 0. The normalized spacial score (nSPS) is 12.8. The molecule has 19 rings (SSSR count). The third-order valence-electron chi connectivity index (χ3n) is 24.1. The summed E-state index contributed by atoms with van der Waals surface area (Å²) in [7, 11) is 0. The molecule has 15 aromatic carbocycles. The Balaban J connectivity index is 1.01. The molecule has 0 radical (unpaired) electrons. The van der Waals surface area contributed by atoms with E-state index in [-0.39, 0.29) is 28.4 Å². The predicted molar refractivity (Wildman–Crippen MR) is 488 cm³/mol. The average molecular weight is 1480 g/mol. The molecule has 0 N–H and O–H groups in total. The van der Waals surface area contributed by atoms with Gasteiger partial charge in [0.25, 0.3) is 6.71 Å². The van der Waals surface area contributed by atoms with Crippen LogP contribution in [0.5, 0.6) is 0 Å². The number of para-hydroxylation sites is 4. The van der Waals surface area contributed by atoms with Crippen LogP contribution in [0.2, 0.25) is 0 Å². The molecule has 0 atom stereocenters. The number of hydrogen-bond donors (Lipinski definition) is 0. The van der Waals surface area contributed by atoms with Gasteiger partial charge in [-0.25, -0.2) is 4.85 Å². The zero-order chi connectivity index (χ0) is 79.1. The van der Waals surface area contributed by atoms with Crippen molar-refractivity contribution >= 4 is 107 Å². The zero-order valence-electron chi connectivity index (χ0n) is 67.4. The lowest BCUT2D eigenvalue weighted by atomic mass is 9.33. The number of hydrogen-bond acceptors (Lipinski definition) is 3. The molecule has 2 aliphatic rings. The van der Waals surface area contributed by atoms with Gasteiger partial charge in [0.1, 0.15) is 0 Å². The fraction of sp³-hybridized carbons (Fsp3) is 0.148. The largest absolute Gasteiger partial charge is 0.311 e. The van der Waals surface area contributed by atoms with E-state index >= 15 is 0 Å². The van der Waals surface area contributed by atoms with E-state index in [0.29, 0.717) is 11.3 Å². The minimum atomic E-state index is -0.337. The van der Waals surface area contributed by atoms with Gasteiger partial charge in [-0.05, 0) is 214 Å². The first-order valence-corrected chi connectivity index (χ1v) is 40.2. The van der Waals surface area contributed by atoms with Crippen LogP contribution in [0, 0.1) is 17.9 Å². The van der Waals surface area contributed by atoms with E-state index in [1.807, 2.05) is 36.4 Å². The number of nitrogens with zero attached hydrogens (tertiary/aromatic N) is 6. The van der Waals surface area contributed by atoms with Crippen molar-refractivity contribution in [2.75, 3.05) is 9.80 Å². The Hall–Kier alpha value is -13.5. The molecule has 0 saturated heterocycles. The molecule has 0 aliphatic carbocycles. The van der Waals surface area contributed by atoms with Crippen molar-refractivity contribution in [2.24, 2.45) is 0 Å². The third-order valence-corrected chi connectivity index (χ3v) is 24.1. The molecule has 554 valence electrons. The van der Waals surface area contributed by atoms with E-state index in [9.17, 15) is 5.26 Å². The SMILES string of the molecule is [C-]#[N+]c1cccc(-c2ccc(N3c4cc(-n5c6ccccc6c6ccccc65)ccc4B4c5ccc(-n6c7ccccc7c7ccccc76)cc5N(c5c(-c6ccccc6)cc(-c6cccc(C#N)c6)cc5-c5cc(C(C)(C)C)cc(C(C)(C)C)c5)c5cc(-c6ccccc6)cc3c54)c(-c3cc(C(C)(C)C)cc(C(C)(C)C)c3)c2)c1. The Bertz CT molecular complexity index is 6760. The molecule has 2 aromatic heterocycles. The third kappa shape index (κ3) is 12.3. The smallest absolute Gasteiger partial charge is 0.252 e. The molecular formula is C108H89BN6. The molecule has 0 fully saturated rings.